The molecule has 4 nitrogen and oxygen atoms in total. The number of thioether (sulfide) groups is 1. The summed E-state index contributed by atoms with van der Waals surface area (Å²) in [7, 11) is 0. The third-order valence-corrected chi connectivity index (χ3v) is 6.33. The van der Waals surface area contributed by atoms with Crippen molar-refractivity contribution in [1.29, 1.82) is 0 Å². The molecule has 0 heterocycles. The summed E-state index contributed by atoms with van der Waals surface area (Å²) < 4.78 is 10.9. The van der Waals surface area contributed by atoms with Gasteiger partial charge < -0.3 is 9.47 Å². The van der Waals surface area contributed by atoms with Crippen LogP contribution >= 0.6 is 11.8 Å². The number of benzene rings is 2. The lowest BCUT2D eigenvalue weighted by Gasteiger charge is -2.16. The Labute approximate surface area is 194 Å². The van der Waals surface area contributed by atoms with E-state index in [0.29, 0.717) is 12.2 Å². The van der Waals surface area contributed by atoms with Crippen LogP contribution in [0, 0.1) is 5.92 Å². The van der Waals surface area contributed by atoms with E-state index in [2.05, 4.69) is 18.2 Å². The first-order valence-corrected chi connectivity index (χ1v) is 12.2. The zero-order valence-electron chi connectivity index (χ0n) is 18.3. The van der Waals surface area contributed by atoms with Crippen molar-refractivity contribution in [3.8, 4) is 0 Å². The Balaban J connectivity index is 1.48. The third kappa shape index (κ3) is 8.75. The summed E-state index contributed by atoms with van der Waals surface area (Å²) >= 11 is 1.71. The van der Waals surface area contributed by atoms with Gasteiger partial charge in [0.15, 0.2) is 0 Å². The van der Waals surface area contributed by atoms with Crippen molar-refractivity contribution in [3.05, 3.63) is 95.6 Å². The van der Waals surface area contributed by atoms with Crippen LogP contribution in [-0.4, -0.2) is 23.4 Å². The van der Waals surface area contributed by atoms with Crippen molar-refractivity contribution in [2.24, 2.45) is 5.92 Å². The standard InChI is InChI=1S/C27H30O4S/c28-26(30-18-22-10-4-1-5-11-22)17-16-25(21-32-20-24-14-8-3-9-15-24)27(29)31-19-23-12-6-2-7-13-23/h1-2,4-8,10-15,25H,3,9,16-21H2. The molecule has 2 aromatic rings. The van der Waals surface area contributed by atoms with E-state index < -0.39 is 0 Å². The molecule has 0 N–H and O–H groups in total. The largest absolute Gasteiger partial charge is 0.461 e. The molecule has 2 aromatic carbocycles. The highest BCUT2D eigenvalue weighted by Gasteiger charge is 2.22. The summed E-state index contributed by atoms with van der Waals surface area (Å²) in [5.74, 6) is 0.575. The topological polar surface area (TPSA) is 52.6 Å². The second-order valence-electron chi connectivity index (χ2n) is 7.75. The Hall–Kier alpha value is -2.79. The van der Waals surface area contributed by atoms with Gasteiger partial charge in [0, 0.05) is 17.9 Å². The third-order valence-electron chi connectivity index (χ3n) is 5.16. The molecule has 0 aliphatic heterocycles. The molecule has 1 atom stereocenters. The molecule has 1 unspecified atom stereocenters. The van der Waals surface area contributed by atoms with Gasteiger partial charge in [-0.15, -0.1) is 0 Å². The average molecular weight is 451 g/mol. The summed E-state index contributed by atoms with van der Waals surface area (Å²) in [4.78, 5) is 25.0. The molecular weight excluding hydrogens is 420 g/mol. The van der Waals surface area contributed by atoms with Crippen molar-refractivity contribution >= 4 is 23.7 Å². The van der Waals surface area contributed by atoms with Crippen LogP contribution < -0.4 is 0 Å². The number of hydrogen-bond donors (Lipinski definition) is 0. The molecule has 0 amide bonds. The highest BCUT2D eigenvalue weighted by molar-refractivity contribution is 7.99. The molecule has 0 fully saturated rings. The maximum Gasteiger partial charge on any atom is 0.310 e. The van der Waals surface area contributed by atoms with Crippen LogP contribution in [0.3, 0.4) is 0 Å². The Morgan fingerprint density at radius 3 is 2.16 bits per heavy atom. The van der Waals surface area contributed by atoms with Crippen LogP contribution in [0.2, 0.25) is 0 Å². The van der Waals surface area contributed by atoms with Crippen LogP contribution in [0.5, 0.6) is 0 Å². The second kappa shape index (κ2) is 13.6. The van der Waals surface area contributed by atoms with Gasteiger partial charge in [0.1, 0.15) is 13.2 Å². The van der Waals surface area contributed by atoms with E-state index in [4.69, 9.17) is 9.47 Å². The van der Waals surface area contributed by atoms with E-state index in [-0.39, 0.29) is 37.5 Å². The van der Waals surface area contributed by atoms with Gasteiger partial charge in [-0.3, -0.25) is 9.59 Å². The molecule has 0 spiro atoms. The summed E-state index contributed by atoms with van der Waals surface area (Å²) in [6.07, 6.45) is 9.36. The monoisotopic (exact) mass is 450 g/mol. The van der Waals surface area contributed by atoms with Gasteiger partial charge in [-0.05, 0) is 36.0 Å². The van der Waals surface area contributed by atoms with Gasteiger partial charge in [-0.25, -0.2) is 0 Å². The molecule has 5 heteroatoms. The molecule has 1 aliphatic carbocycles. The maximum atomic E-state index is 12.8. The smallest absolute Gasteiger partial charge is 0.310 e. The number of carbonyl (C=O) groups excluding carboxylic acids is 2. The van der Waals surface area contributed by atoms with E-state index in [1.165, 1.54) is 5.57 Å². The summed E-state index contributed by atoms with van der Waals surface area (Å²) in [6.45, 7) is 0.491. The Kier molecular flexibility index (Phi) is 10.1. The van der Waals surface area contributed by atoms with Crippen LogP contribution in [0.15, 0.2) is 84.5 Å². The fraction of sp³-hybridized carbons (Fsp3) is 0.333. The molecule has 3 rings (SSSR count). The van der Waals surface area contributed by atoms with Gasteiger partial charge in [0.2, 0.25) is 0 Å². The zero-order valence-corrected chi connectivity index (χ0v) is 19.1. The van der Waals surface area contributed by atoms with Crippen molar-refractivity contribution in [2.45, 2.75) is 38.9 Å². The van der Waals surface area contributed by atoms with Gasteiger partial charge in [0.05, 0.1) is 5.92 Å². The van der Waals surface area contributed by atoms with Crippen molar-refractivity contribution < 1.29 is 19.1 Å². The molecule has 0 saturated heterocycles. The molecule has 0 saturated carbocycles. The molecule has 1 aliphatic rings. The number of hydrogen-bond acceptors (Lipinski definition) is 5. The minimum absolute atomic E-state index is 0.196. The van der Waals surface area contributed by atoms with E-state index in [0.717, 1.165) is 29.7 Å². The zero-order chi connectivity index (χ0) is 22.4. The van der Waals surface area contributed by atoms with Crippen molar-refractivity contribution in [1.82, 2.24) is 0 Å². The molecule has 0 radical (unpaired) electrons. The fourth-order valence-electron chi connectivity index (χ4n) is 3.31. The van der Waals surface area contributed by atoms with Crippen molar-refractivity contribution in [2.75, 3.05) is 11.5 Å². The highest BCUT2D eigenvalue weighted by atomic mass is 32.2. The van der Waals surface area contributed by atoms with E-state index >= 15 is 0 Å². The summed E-state index contributed by atoms with van der Waals surface area (Å²) in [5.41, 5.74) is 3.19. The number of carbonyl (C=O) groups is 2. The molecule has 168 valence electrons. The lowest BCUT2D eigenvalue weighted by Crippen LogP contribution is -2.22. The molecular formula is C27H30O4S. The van der Waals surface area contributed by atoms with Gasteiger partial charge in [0.25, 0.3) is 0 Å². The molecule has 0 bridgehead atoms. The number of rotatable bonds is 12. The van der Waals surface area contributed by atoms with E-state index in [9.17, 15) is 9.59 Å². The lowest BCUT2D eigenvalue weighted by molar-refractivity contribution is -0.150. The van der Waals surface area contributed by atoms with E-state index in [1.807, 2.05) is 60.7 Å². The average Bonchev–Trinajstić information content (AvgIpc) is 2.85. The highest BCUT2D eigenvalue weighted by Crippen LogP contribution is 2.21. The lowest BCUT2D eigenvalue weighted by atomic mass is 10.1. The number of ether oxygens (including phenoxy) is 2. The predicted octanol–water partition coefficient (Wildman–Crippen LogP) is 5.88. The van der Waals surface area contributed by atoms with E-state index in [1.54, 1.807) is 11.8 Å². The predicted molar refractivity (Wildman–Crippen MR) is 129 cm³/mol. The van der Waals surface area contributed by atoms with Gasteiger partial charge in [-0.2, -0.15) is 11.8 Å². The summed E-state index contributed by atoms with van der Waals surface area (Å²) in [6, 6.07) is 19.2. The van der Waals surface area contributed by atoms with Gasteiger partial charge in [-0.1, -0.05) is 78.9 Å². The van der Waals surface area contributed by atoms with Crippen LogP contribution in [0.4, 0.5) is 0 Å². The first-order chi connectivity index (χ1) is 15.7. The normalized spacial score (nSPS) is 13.8. The minimum atomic E-state index is -0.346. The SMILES string of the molecule is O=C(CCC(CSCC1=CCCC=C1)C(=O)OCc1ccccc1)OCc1ccccc1. The Morgan fingerprint density at radius 2 is 1.53 bits per heavy atom. The fourth-order valence-corrected chi connectivity index (χ4v) is 4.47. The van der Waals surface area contributed by atoms with Crippen LogP contribution in [-0.2, 0) is 32.3 Å². The molecule has 32 heavy (non-hydrogen) atoms. The maximum absolute atomic E-state index is 12.8. The number of esters is 2. The number of allylic oxidation sites excluding steroid dienone is 3. The van der Waals surface area contributed by atoms with Crippen LogP contribution in [0.1, 0.15) is 36.8 Å². The summed E-state index contributed by atoms with van der Waals surface area (Å²) in [5, 5.41) is 0. The Morgan fingerprint density at radius 1 is 0.875 bits per heavy atom. The minimum Gasteiger partial charge on any atom is -0.461 e. The quantitative estimate of drug-likeness (QED) is 0.378. The first kappa shape index (κ1) is 23.9. The second-order valence-corrected chi connectivity index (χ2v) is 8.78. The Bertz CT molecular complexity index is 906. The van der Waals surface area contributed by atoms with Crippen LogP contribution in [0.25, 0.3) is 0 Å². The van der Waals surface area contributed by atoms with Gasteiger partial charge >= 0.3 is 11.9 Å². The molecule has 0 aromatic heterocycles. The van der Waals surface area contributed by atoms with Crippen molar-refractivity contribution in [3.63, 3.8) is 0 Å². The first-order valence-electron chi connectivity index (χ1n) is 11.0.